The number of aromatic nitrogens is 2. The van der Waals surface area contributed by atoms with Gasteiger partial charge in [0.25, 0.3) is 0 Å². The van der Waals surface area contributed by atoms with Crippen molar-refractivity contribution in [3.05, 3.63) is 41.8 Å². The molecule has 6 heteroatoms. The first-order valence-electron chi connectivity index (χ1n) is 10.0. The molecule has 0 spiro atoms. The molecule has 0 atom stereocenters. The van der Waals surface area contributed by atoms with Crippen LogP contribution in [0.1, 0.15) is 37.7 Å². The Labute approximate surface area is 165 Å². The third kappa shape index (κ3) is 3.69. The molecular weight excluding hydrogens is 353 g/mol. The maximum atomic E-state index is 13.8. The van der Waals surface area contributed by atoms with Crippen molar-refractivity contribution in [1.29, 1.82) is 0 Å². The molecule has 1 aliphatic rings. The number of H-pyrrole nitrogens is 1. The fraction of sp³-hybridized carbons (Fsp3) is 0.409. The van der Waals surface area contributed by atoms with Gasteiger partial charge < -0.3 is 16.0 Å². The van der Waals surface area contributed by atoms with E-state index in [0.717, 1.165) is 23.1 Å². The number of nitrogens with two attached hydrogens (primary N) is 1. The lowest BCUT2D eigenvalue weighted by atomic mass is 9.94. The summed E-state index contributed by atoms with van der Waals surface area (Å²) in [6.07, 6.45) is 6.66. The second-order valence-electron chi connectivity index (χ2n) is 7.81. The fourth-order valence-electron chi connectivity index (χ4n) is 4.37. The number of nitrogens with one attached hydrogen (secondary N) is 2. The number of nitrogen functional groups attached to an aromatic ring is 1. The van der Waals surface area contributed by atoms with Crippen LogP contribution in [-0.4, -0.2) is 35.0 Å². The minimum Gasteiger partial charge on any atom is -0.385 e. The molecule has 0 radical (unpaired) electrons. The summed E-state index contributed by atoms with van der Waals surface area (Å²) in [5.41, 5.74) is 10.3. The van der Waals surface area contributed by atoms with Crippen molar-refractivity contribution in [2.75, 3.05) is 25.1 Å². The molecule has 0 bridgehead atoms. The third-order valence-electron chi connectivity index (χ3n) is 5.87. The molecule has 148 valence electrons. The fourth-order valence-corrected chi connectivity index (χ4v) is 4.37. The lowest BCUT2D eigenvalue weighted by Crippen LogP contribution is -2.32. The van der Waals surface area contributed by atoms with Crippen LogP contribution in [0.2, 0.25) is 0 Å². The number of nitrogens with zero attached hydrogens (tertiary/aromatic N) is 2. The highest BCUT2D eigenvalue weighted by molar-refractivity contribution is 5.91. The first-order valence-corrected chi connectivity index (χ1v) is 10.0. The molecule has 0 unspecified atom stereocenters. The topological polar surface area (TPSA) is 70.0 Å². The first kappa shape index (κ1) is 18.7. The predicted octanol–water partition coefficient (Wildman–Crippen LogP) is 4.76. The molecule has 1 fully saturated rings. The van der Waals surface area contributed by atoms with Crippen LogP contribution in [0.15, 0.2) is 30.3 Å². The highest BCUT2D eigenvalue weighted by atomic mass is 19.1. The largest absolute Gasteiger partial charge is 0.385 e. The second-order valence-corrected chi connectivity index (χ2v) is 7.81. The molecule has 0 saturated heterocycles. The lowest BCUT2D eigenvalue weighted by molar-refractivity contribution is 0.184. The van der Waals surface area contributed by atoms with Gasteiger partial charge in [0.15, 0.2) is 5.82 Å². The van der Waals surface area contributed by atoms with Gasteiger partial charge in [-0.2, -0.15) is 4.39 Å². The van der Waals surface area contributed by atoms with Crippen LogP contribution < -0.4 is 11.1 Å². The number of benzene rings is 1. The normalized spacial score (nSPS) is 15.4. The Morgan fingerprint density at radius 2 is 2.00 bits per heavy atom. The number of rotatable bonds is 5. The van der Waals surface area contributed by atoms with Crippen LogP contribution in [-0.2, 0) is 6.54 Å². The van der Waals surface area contributed by atoms with Crippen molar-refractivity contribution in [2.24, 2.45) is 0 Å². The Kier molecular flexibility index (Phi) is 5.22. The monoisotopic (exact) mass is 381 g/mol. The summed E-state index contributed by atoms with van der Waals surface area (Å²) < 4.78 is 13.8. The molecule has 0 aliphatic heterocycles. The molecule has 1 saturated carbocycles. The Hall–Kier alpha value is -2.60. The van der Waals surface area contributed by atoms with Crippen molar-refractivity contribution >= 4 is 22.4 Å². The Morgan fingerprint density at radius 3 is 2.75 bits per heavy atom. The van der Waals surface area contributed by atoms with E-state index in [9.17, 15) is 4.39 Å². The molecule has 3 aromatic rings. The Morgan fingerprint density at radius 1 is 1.21 bits per heavy atom. The zero-order valence-corrected chi connectivity index (χ0v) is 16.6. The number of aromatic amines is 1. The summed E-state index contributed by atoms with van der Waals surface area (Å²) >= 11 is 0. The molecule has 1 aliphatic carbocycles. The van der Waals surface area contributed by atoms with Gasteiger partial charge in [-0.05, 0) is 43.7 Å². The quantitative estimate of drug-likeness (QED) is 0.558. The van der Waals surface area contributed by atoms with Crippen molar-refractivity contribution in [1.82, 2.24) is 14.9 Å². The standard InChI is InChI=1S/C22H28FN5/c1-25-21-17(12-20(23)27-22(21)24)19-11-15-10-14(8-9-18(15)26-19)13-28(2)16-6-4-3-5-7-16/h8-12,16,25-26H,3-7,13H2,1-2H3,(H2,24,27). The van der Waals surface area contributed by atoms with Gasteiger partial charge in [-0.1, -0.05) is 25.3 Å². The highest BCUT2D eigenvalue weighted by Crippen LogP contribution is 2.34. The average molecular weight is 381 g/mol. The van der Waals surface area contributed by atoms with Crippen LogP contribution in [0.4, 0.5) is 15.9 Å². The zero-order valence-electron chi connectivity index (χ0n) is 16.6. The van der Waals surface area contributed by atoms with Gasteiger partial charge in [0, 0.05) is 47.9 Å². The van der Waals surface area contributed by atoms with Gasteiger partial charge in [0.05, 0.1) is 5.69 Å². The van der Waals surface area contributed by atoms with Crippen LogP contribution in [0, 0.1) is 5.95 Å². The summed E-state index contributed by atoms with van der Waals surface area (Å²) in [6.45, 7) is 0.944. The lowest BCUT2D eigenvalue weighted by Gasteiger charge is -2.31. The van der Waals surface area contributed by atoms with E-state index < -0.39 is 5.95 Å². The minimum atomic E-state index is -0.583. The van der Waals surface area contributed by atoms with Crippen molar-refractivity contribution in [3.8, 4) is 11.3 Å². The van der Waals surface area contributed by atoms with Crippen molar-refractivity contribution in [3.63, 3.8) is 0 Å². The van der Waals surface area contributed by atoms with Gasteiger partial charge in [0.2, 0.25) is 5.95 Å². The van der Waals surface area contributed by atoms with Crippen LogP contribution >= 0.6 is 0 Å². The summed E-state index contributed by atoms with van der Waals surface area (Å²) in [7, 11) is 3.99. The van der Waals surface area contributed by atoms with Crippen LogP contribution in [0.3, 0.4) is 0 Å². The summed E-state index contributed by atoms with van der Waals surface area (Å²) in [5.74, 6) is -0.425. The van der Waals surface area contributed by atoms with E-state index in [2.05, 4.69) is 51.5 Å². The molecule has 28 heavy (non-hydrogen) atoms. The molecule has 1 aromatic carbocycles. The Bertz CT molecular complexity index is 974. The van der Waals surface area contributed by atoms with E-state index in [4.69, 9.17) is 5.73 Å². The molecule has 4 N–H and O–H groups in total. The maximum Gasteiger partial charge on any atom is 0.215 e. The summed E-state index contributed by atoms with van der Waals surface area (Å²) in [5, 5.41) is 4.14. The molecular formula is C22H28FN5. The summed E-state index contributed by atoms with van der Waals surface area (Å²) in [6, 6.07) is 10.6. The summed E-state index contributed by atoms with van der Waals surface area (Å²) in [4.78, 5) is 9.56. The molecule has 2 heterocycles. The number of anilines is 2. The molecule has 4 rings (SSSR count). The zero-order chi connectivity index (χ0) is 19.7. The number of hydrogen-bond acceptors (Lipinski definition) is 4. The third-order valence-corrected chi connectivity index (χ3v) is 5.87. The minimum absolute atomic E-state index is 0.158. The van der Waals surface area contributed by atoms with E-state index in [1.54, 1.807) is 7.05 Å². The van der Waals surface area contributed by atoms with Crippen LogP contribution in [0.5, 0.6) is 0 Å². The average Bonchev–Trinajstić information content (AvgIpc) is 3.11. The van der Waals surface area contributed by atoms with E-state index >= 15 is 0 Å². The van der Waals surface area contributed by atoms with Gasteiger partial charge >= 0.3 is 0 Å². The number of pyridine rings is 1. The van der Waals surface area contributed by atoms with Gasteiger partial charge in [0.1, 0.15) is 0 Å². The van der Waals surface area contributed by atoms with Crippen molar-refractivity contribution in [2.45, 2.75) is 44.7 Å². The number of fused-ring (bicyclic) bond motifs is 1. The molecule has 5 nitrogen and oxygen atoms in total. The van der Waals surface area contributed by atoms with E-state index in [-0.39, 0.29) is 5.82 Å². The van der Waals surface area contributed by atoms with E-state index in [0.29, 0.717) is 17.3 Å². The van der Waals surface area contributed by atoms with Gasteiger partial charge in [-0.25, -0.2) is 4.98 Å². The van der Waals surface area contributed by atoms with Gasteiger partial charge in [-0.3, -0.25) is 4.90 Å². The predicted molar refractivity (Wildman–Crippen MR) is 114 cm³/mol. The highest BCUT2D eigenvalue weighted by Gasteiger charge is 2.18. The van der Waals surface area contributed by atoms with Crippen molar-refractivity contribution < 1.29 is 4.39 Å². The SMILES string of the molecule is CNc1c(-c2cc3cc(CN(C)C4CCCCC4)ccc3[nH]2)cc(F)nc1N. The Balaban J connectivity index is 1.62. The molecule has 2 aromatic heterocycles. The smallest absolute Gasteiger partial charge is 0.215 e. The van der Waals surface area contributed by atoms with Gasteiger partial charge in [-0.15, -0.1) is 0 Å². The molecule has 0 amide bonds. The van der Waals surface area contributed by atoms with E-state index in [1.165, 1.54) is 43.7 Å². The van der Waals surface area contributed by atoms with Crippen LogP contribution in [0.25, 0.3) is 22.2 Å². The second kappa shape index (κ2) is 7.80. The van der Waals surface area contributed by atoms with E-state index in [1.807, 2.05) is 0 Å². The number of halogens is 1. The number of hydrogen-bond donors (Lipinski definition) is 3. The first-order chi connectivity index (χ1) is 13.5. The maximum absolute atomic E-state index is 13.8.